The van der Waals surface area contributed by atoms with E-state index in [0.29, 0.717) is 35.8 Å². The molecular formula is C23H24N2O6. The first-order valence-electron chi connectivity index (χ1n) is 9.73. The number of carbonyl (C=O) groups excluding carboxylic acids is 1. The van der Waals surface area contributed by atoms with E-state index in [1.165, 1.54) is 7.11 Å². The Bertz CT molecular complexity index is 1100. The molecule has 0 aliphatic carbocycles. The van der Waals surface area contributed by atoms with E-state index in [2.05, 4.69) is 6.07 Å². The molecule has 2 aromatic carbocycles. The van der Waals surface area contributed by atoms with Gasteiger partial charge in [-0.1, -0.05) is 0 Å². The number of nitriles is 1. The summed E-state index contributed by atoms with van der Waals surface area (Å²) in [6.45, 7) is 2.87. The van der Waals surface area contributed by atoms with Gasteiger partial charge in [0.2, 0.25) is 0 Å². The van der Waals surface area contributed by atoms with Crippen LogP contribution in [-0.2, 0) is 14.2 Å². The average molecular weight is 424 g/mol. The van der Waals surface area contributed by atoms with Gasteiger partial charge in [-0.25, -0.2) is 4.79 Å². The fourth-order valence-electron chi connectivity index (χ4n) is 3.12. The van der Waals surface area contributed by atoms with Gasteiger partial charge in [-0.3, -0.25) is 0 Å². The molecule has 0 saturated carbocycles. The zero-order chi connectivity index (χ0) is 22.2. The first kappa shape index (κ1) is 22.2. The molecule has 0 amide bonds. The minimum absolute atomic E-state index is 0.0199. The SMILES string of the molecule is CCOC(=O)c1ccc(-n2cc(C#N)c3cc(OCCOC)ccc32)cc1OCOC. The maximum absolute atomic E-state index is 12.3. The molecule has 0 bridgehead atoms. The van der Waals surface area contributed by atoms with Crippen LogP contribution in [0.5, 0.6) is 11.5 Å². The Morgan fingerprint density at radius 1 is 1.06 bits per heavy atom. The molecule has 8 nitrogen and oxygen atoms in total. The van der Waals surface area contributed by atoms with Crippen molar-refractivity contribution in [3.63, 3.8) is 0 Å². The van der Waals surface area contributed by atoms with Gasteiger partial charge in [0, 0.05) is 37.6 Å². The standard InChI is InChI=1S/C23H24N2O6/c1-4-29-23(26)19-7-5-17(11-22(19)31-15-28-3)25-14-16(13-24)20-12-18(6-8-21(20)25)30-10-9-27-2/h5-8,11-12,14H,4,9-10,15H2,1-3H3. The number of aromatic nitrogens is 1. The maximum atomic E-state index is 12.3. The van der Waals surface area contributed by atoms with Crippen LogP contribution >= 0.6 is 0 Å². The monoisotopic (exact) mass is 424 g/mol. The van der Waals surface area contributed by atoms with Crippen molar-refractivity contribution in [2.45, 2.75) is 6.92 Å². The second-order valence-corrected chi connectivity index (χ2v) is 6.50. The van der Waals surface area contributed by atoms with Crippen molar-refractivity contribution in [1.29, 1.82) is 5.26 Å². The highest BCUT2D eigenvalue weighted by Gasteiger charge is 2.17. The van der Waals surface area contributed by atoms with Crippen LogP contribution in [-0.4, -0.2) is 51.4 Å². The molecule has 0 aliphatic heterocycles. The van der Waals surface area contributed by atoms with Gasteiger partial charge in [-0.2, -0.15) is 5.26 Å². The molecule has 0 unspecified atom stereocenters. The molecule has 0 atom stereocenters. The number of hydrogen-bond acceptors (Lipinski definition) is 7. The molecule has 1 aromatic heterocycles. The van der Waals surface area contributed by atoms with Gasteiger partial charge < -0.3 is 28.3 Å². The van der Waals surface area contributed by atoms with Crippen molar-refractivity contribution in [1.82, 2.24) is 4.57 Å². The second-order valence-electron chi connectivity index (χ2n) is 6.50. The molecule has 3 aromatic rings. The maximum Gasteiger partial charge on any atom is 0.341 e. The highest BCUT2D eigenvalue weighted by atomic mass is 16.7. The lowest BCUT2D eigenvalue weighted by molar-refractivity contribution is 0.0438. The second kappa shape index (κ2) is 10.5. The summed E-state index contributed by atoms with van der Waals surface area (Å²) in [6, 6.07) is 12.9. The molecule has 0 aliphatic rings. The van der Waals surface area contributed by atoms with Crippen molar-refractivity contribution in [2.24, 2.45) is 0 Å². The van der Waals surface area contributed by atoms with Gasteiger partial charge in [-0.15, -0.1) is 0 Å². The number of nitrogens with zero attached hydrogens (tertiary/aromatic N) is 2. The minimum atomic E-state index is -0.479. The van der Waals surface area contributed by atoms with Crippen molar-refractivity contribution in [3.05, 3.63) is 53.7 Å². The summed E-state index contributed by atoms with van der Waals surface area (Å²) in [4.78, 5) is 12.3. The Morgan fingerprint density at radius 3 is 2.61 bits per heavy atom. The Labute approximate surface area is 180 Å². The van der Waals surface area contributed by atoms with Crippen molar-refractivity contribution < 1.29 is 28.5 Å². The number of carbonyl (C=O) groups is 1. The Morgan fingerprint density at radius 2 is 1.90 bits per heavy atom. The first-order valence-corrected chi connectivity index (χ1v) is 9.73. The van der Waals surface area contributed by atoms with E-state index >= 15 is 0 Å². The van der Waals surface area contributed by atoms with Crippen molar-refractivity contribution in [2.75, 3.05) is 40.8 Å². The minimum Gasteiger partial charge on any atom is -0.491 e. The number of benzene rings is 2. The van der Waals surface area contributed by atoms with Gasteiger partial charge in [0.25, 0.3) is 0 Å². The molecule has 1 heterocycles. The van der Waals surface area contributed by atoms with Crippen LogP contribution < -0.4 is 9.47 Å². The van der Waals surface area contributed by atoms with Crippen LogP contribution in [0.4, 0.5) is 0 Å². The normalized spacial score (nSPS) is 10.6. The number of methoxy groups -OCH3 is 2. The lowest BCUT2D eigenvalue weighted by Crippen LogP contribution is -2.10. The summed E-state index contributed by atoms with van der Waals surface area (Å²) in [5.74, 6) is 0.506. The molecule has 0 fully saturated rings. The summed E-state index contributed by atoms with van der Waals surface area (Å²) < 4.78 is 28.2. The Hall–Kier alpha value is -3.54. The molecule has 3 rings (SSSR count). The van der Waals surface area contributed by atoms with Crippen LogP contribution in [0, 0.1) is 11.3 Å². The summed E-state index contributed by atoms with van der Waals surface area (Å²) in [6.07, 6.45) is 1.74. The van der Waals surface area contributed by atoms with Crippen molar-refractivity contribution in [3.8, 4) is 23.3 Å². The zero-order valence-corrected chi connectivity index (χ0v) is 17.7. The van der Waals surface area contributed by atoms with E-state index < -0.39 is 5.97 Å². The molecule has 162 valence electrons. The van der Waals surface area contributed by atoms with Crippen LogP contribution in [0.2, 0.25) is 0 Å². The van der Waals surface area contributed by atoms with Crippen molar-refractivity contribution >= 4 is 16.9 Å². The summed E-state index contributed by atoms with van der Waals surface area (Å²) in [7, 11) is 3.11. The predicted octanol–water partition coefficient (Wildman–Crippen LogP) is 3.69. The smallest absolute Gasteiger partial charge is 0.341 e. The third-order valence-corrected chi connectivity index (χ3v) is 4.52. The molecule has 0 spiro atoms. The summed E-state index contributed by atoms with van der Waals surface area (Å²) >= 11 is 0. The third-order valence-electron chi connectivity index (χ3n) is 4.52. The van der Waals surface area contributed by atoms with Gasteiger partial charge in [-0.05, 0) is 37.3 Å². The predicted molar refractivity (Wildman–Crippen MR) is 114 cm³/mol. The number of esters is 1. The van der Waals surface area contributed by atoms with E-state index in [1.54, 1.807) is 38.4 Å². The molecule has 0 radical (unpaired) electrons. The first-order chi connectivity index (χ1) is 15.1. The molecule has 8 heteroatoms. The van der Waals surface area contributed by atoms with Crippen LogP contribution in [0.3, 0.4) is 0 Å². The third kappa shape index (κ3) is 4.97. The van der Waals surface area contributed by atoms with Gasteiger partial charge in [0.1, 0.15) is 29.7 Å². The van der Waals surface area contributed by atoms with Gasteiger partial charge in [0.15, 0.2) is 6.79 Å². The Balaban J connectivity index is 2.04. The molecule has 0 saturated heterocycles. The molecular weight excluding hydrogens is 400 g/mol. The van der Waals surface area contributed by atoms with E-state index in [0.717, 1.165) is 16.6 Å². The summed E-state index contributed by atoms with van der Waals surface area (Å²) in [5, 5.41) is 10.4. The van der Waals surface area contributed by atoms with Crippen LogP contribution in [0.15, 0.2) is 42.6 Å². The zero-order valence-electron chi connectivity index (χ0n) is 17.7. The molecule has 0 N–H and O–H groups in total. The fraction of sp³-hybridized carbons (Fsp3) is 0.304. The highest BCUT2D eigenvalue weighted by molar-refractivity contribution is 5.93. The summed E-state index contributed by atoms with van der Waals surface area (Å²) in [5.41, 5.74) is 2.34. The number of ether oxygens (including phenoxy) is 5. The van der Waals surface area contributed by atoms with Gasteiger partial charge >= 0.3 is 5.97 Å². The van der Waals surface area contributed by atoms with Crippen LogP contribution in [0.1, 0.15) is 22.8 Å². The largest absolute Gasteiger partial charge is 0.491 e. The van der Waals surface area contributed by atoms with E-state index in [1.807, 2.05) is 22.8 Å². The molecule has 31 heavy (non-hydrogen) atoms. The number of hydrogen-bond donors (Lipinski definition) is 0. The lowest BCUT2D eigenvalue weighted by atomic mass is 10.1. The number of fused-ring (bicyclic) bond motifs is 1. The number of rotatable bonds is 10. The average Bonchev–Trinajstić information content (AvgIpc) is 3.16. The van der Waals surface area contributed by atoms with Gasteiger partial charge in [0.05, 0.1) is 24.3 Å². The quantitative estimate of drug-likeness (QED) is 0.278. The Kier molecular flexibility index (Phi) is 7.49. The topological polar surface area (TPSA) is 91.9 Å². The van der Waals surface area contributed by atoms with E-state index in [9.17, 15) is 10.1 Å². The van der Waals surface area contributed by atoms with E-state index in [-0.39, 0.29) is 13.4 Å². The highest BCUT2D eigenvalue weighted by Crippen LogP contribution is 2.31. The van der Waals surface area contributed by atoms with Crippen LogP contribution in [0.25, 0.3) is 16.6 Å². The lowest BCUT2D eigenvalue weighted by Gasteiger charge is -2.13. The fourth-order valence-corrected chi connectivity index (χ4v) is 3.12. The van der Waals surface area contributed by atoms with E-state index in [4.69, 9.17) is 23.7 Å².